The van der Waals surface area contributed by atoms with E-state index in [4.69, 9.17) is 9.47 Å². The molecule has 2 aromatic rings. The highest BCUT2D eigenvalue weighted by Gasteiger charge is 2.25. The van der Waals surface area contributed by atoms with Gasteiger partial charge in [-0.05, 0) is 30.7 Å². The molecular formula is C19H23NO6S. The third-order valence-corrected chi connectivity index (χ3v) is 6.13. The van der Waals surface area contributed by atoms with Crippen molar-refractivity contribution in [2.24, 2.45) is 0 Å². The fourth-order valence-corrected chi connectivity index (χ4v) is 3.99. The van der Waals surface area contributed by atoms with Gasteiger partial charge in [0.2, 0.25) is 10.0 Å². The maximum Gasteiger partial charge on any atom is 0.337 e. The molecule has 0 aliphatic heterocycles. The van der Waals surface area contributed by atoms with Crippen molar-refractivity contribution >= 4 is 16.0 Å². The lowest BCUT2D eigenvalue weighted by Crippen LogP contribution is -2.27. The largest absolute Gasteiger partial charge is 0.497 e. The van der Waals surface area contributed by atoms with Gasteiger partial charge in [0.05, 0.1) is 31.8 Å². The van der Waals surface area contributed by atoms with E-state index < -0.39 is 16.0 Å². The molecule has 146 valence electrons. The van der Waals surface area contributed by atoms with Crippen molar-refractivity contribution in [3.05, 3.63) is 53.1 Å². The van der Waals surface area contributed by atoms with Crippen molar-refractivity contribution in [1.82, 2.24) is 4.31 Å². The number of benzene rings is 2. The number of nitrogens with zero attached hydrogens (tertiary/aromatic N) is 1. The van der Waals surface area contributed by atoms with Gasteiger partial charge in [-0.1, -0.05) is 12.1 Å². The van der Waals surface area contributed by atoms with Crippen molar-refractivity contribution in [3.8, 4) is 11.5 Å². The molecule has 8 heteroatoms. The molecule has 0 unspecified atom stereocenters. The SMILES string of the molecule is COC(=O)c1ccc(C)c(S(=O)(=O)N(C)Cc2ccc(OC)cc2OC)c1. The molecule has 0 heterocycles. The molecule has 0 bridgehead atoms. The van der Waals surface area contributed by atoms with Crippen LogP contribution in [0.25, 0.3) is 0 Å². The van der Waals surface area contributed by atoms with E-state index in [-0.39, 0.29) is 17.0 Å². The van der Waals surface area contributed by atoms with Crippen LogP contribution in [0.4, 0.5) is 0 Å². The summed E-state index contributed by atoms with van der Waals surface area (Å²) in [5, 5.41) is 0. The molecule has 0 aliphatic rings. The van der Waals surface area contributed by atoms with Crippen molar-refractivity contribution in [1.29, 1.82) is 0 Å². The smallest absolute Gasteiger partial charge is 0.337 e. The normalized spacial score (nSPS) is 11.3. The monoisotopic (exact) mass is 393 g/mol. The third-order valence-electron chi connectivity index (χ3n) is 4.18. The van der Waals surface area contributed by atoms with Crippen molar-refractivity contribution in [2.45, 2.75) is 18.4 Å². The molecule has 2 rings (SSSR count). The molecule has 27 heavy (non-hydrogen) atoms. The molecule has 0 amide bonds. The number of ether oxygens (including phenoxy) is 3. The van der Waals surface area contributed by atoms with Gasteiger partial charge in [-0.15, -0.1) is 0 Å². The summed E-state index contributed by atoms with van der Waals surface area (Å²) in [6.07, 6.45) is 0. The Bertz CT molecular complexity index is 939. The topological polar surface area (TPSA) is 82.1 Å². The van der Waals surface area contributed by atoms with E-state index in [1.165, 1.54) is 37.7 Å². The van der Waals surface area contributed by atoms with Crippen LogP contribution in [0.15, 0.2) is 41.3 Å². The molecule has 0 fully saturated rings. The van der Waals surface area contributed by atoms with Crippen molar-refractivity contribution in [2.75, 3.05) is 28.4 Å². The van der Waals surface area contributed by atoms with Gasteiger partial charge in [0.1, 0.15) is 11.5 Å². The van der Waals surface area contributed by atoms with Gasteiger partial charge >= 0.3 is 5.97 Å². The average molecular weight is 393 g/mol. The number of carbonyl (C=O) groups excluding carboxylic acids is 1. The summed E-state index contributed by atoms with van der Waals surface area (Å²) in [6.45, 7) is 1.77. The first-order chi connectivity index (χ1) is 12.7. The molecular weight excluding hydrogens is 370 g/mol. The second-order valence-electron chi connectivity index (χ2n) is 5.91. The molecule has 0 radical (unpaired) electrons. The van der Waals surface area contributed by atoms with Gasteiger partial charge in [0.15, 0.2) is 0 Å². The second kappa shape index (κ2) is 8.41. The van der Waals surface area contributed by atoms with Crippen molar-refractivity contribution < 1.29 is 27.4 Å². The minimum atomic E-state index is -3.83. The van der Waals surface area contributed by atoms with Gasteiger partial charge in [-0.25, -0.2) is 13.2 Å². The predicted molar refractivity (Wildman–Crippen MR) is 101 cm³/mol. The molecule has 0 spiro atoms. The Balaban J connectivity index is 2.38. The van der Waals surface area contributed by atoms with Crippen LogP contribution in [0.3, 0.4) is 0 Å². The highest BCUT2D eigenvalue weighted by molar-refractivity contribution is 7.89. The van der Waals surface area contributed by atoms with Crippen molar-refractivity contribution in [3.63, 3.8) is 0 Å². The first-order valence-corrected chi connectivity index (χ1v) is 9.54. The van der Waals surface area contributed by atoms with E-state index in [0.717, 1.165) is 0 Å². The van der Waals surface area contributed by atoms with E-state index in [0.29, 0.717) is 22.6 Å². The standard InChI is InChI=1S/C19H23NO6S/c1-13-6-7-14(19(21)26-5)10-18(13)27(22,23)20(2)12-15-8-9-16(24-3)11-17(15)25-4/h6-11H,12H2,1-5H3. The summed E-state index contributed by atoms with van der Waals surface area (Å²) in [4.78, 5) is 11.8. The van der Waals surface area contributed by atoms with E-state index in [9.17, 15) is 13.2 Å². The number of carbonyl (C=O) groups is 1. The zero-order chi connectivity index (χ0) is 20.2. The van der Waals surface area contributed by atoms with E-state index >= 15 is 0 Å². The summed E-state index contributed by atoms with van der Waals surface area (Å²) in [6, 6.07) is 9.63. The summed E-state index contributed by atoms with van der Waals surface area (Å²) in [5.41, 5.74) is 1.40. The fourth-order valence-electron chi connectivity index (χ4n) is 2.60. The molecule has 0 N–H and O–H groups in total. The van der Waals surface area contributed by atoms with Crippen LogP contribution >= 0.6 is 0 Å². The average Bonchev–Trinajstić information content (AvgIpc) is 2.67. The zero-order valence-electron chi connectivity index (χ0n) is 16.0. The fraction of sp³-hybridized carbons (Fsp3) is 0.316. The number of hydrogen-bond donors (Lipinski definition) is 0. The summed E-state index contributed by atoms with van der Waals surface area (Å²) in [7, 11) is 1.94. The minimum Gasteiger partial charge on any atom is -0.497 e. The Labute approximate surface area is 159 Å². The van der Waals surface area contributed by atoms with Crippen LogP contribution in [0.5, 0.6) is 11.5 Å². The van der Waals surface area contributed by atoms with Gasteiger partial charge < -0.3 is 14.2 Å². The highest BCUT2D eigenvalue weighted by atomic mass is 32.2. The Morgan fingerprint density at radius 2 is 1.74 bits per heavy atom. The first-order valence-electron chi connectivity index (χ1n) is 8.10. The first kappa shape index (κ1) is 20.7. The van der Waals surface area contributed by atoms with Gasteiger partial charge in [-0.3, -0.25) is 0 Å². The summed E-state index contributed by atoms with van der Waals surface area (Å²) in [5.74, 6) is 0.546. The Kier molecular flexibility index (Phi) is 6.45. The van der Waals surface area contributed by atoms with Gasteiger partial charge in [-0.2, -0.15) is 4.31 Å². The number of hydrogen-bond acceptors (Lipinski definition) is 6. The molecule has 2 aromatic carbocycles. The minimum absolute atomic E-state index is 0.0559. The lowest BCUT2D eigenvalue weighted by Gasteiger charge is -2.20. The molecule has 7 nitrogen and oxygen atoms in total. The molecule has 0 saturated carbocycles. The number of sulfonamides is 1. The maximum atomic E-state index is 13.1. The Morgan fingerprint density at radius 1 is 1.04 bits per heavy atom. The van der Waals surface area contributed by atoms with Gasteiger partial charge in [0.25, 0.3) is 0 Å². The lowest BCUT2D eigenvalue weighted by molar-refractivity contribution is 0.0600. The Morgan fingerprint density at radius 3 is 2.33 bits per heavy atom. The second-order valence-corrected chi connectivity index (χ2v) is 7.92. The van der Waals surface area contributed by atoms with E-state index in [1.807, 2.05) is 0 Å². The summed E-state index contributed by atoms with van der Waals surface area (Å²) >= 11 is 0. The highest BCUT2D eigenvalue weighted by Crippen LogP contribution is 2.28. The van der Waals surface area contributed by atoms with Crippen LogP contribution in [0.2, 0.25) is 0 Å². The lowest BCUT2D eigenvalue weighted by atomic mass is 10.1. The Hall–Kier alpha value is -2.58. The van der Waals surface area contributed by atoms with E-state index in [2.05, 4.69) is 4.74 Å². The molecule has 0 aliphatic carbocycles. The maximum absolute atomic E-state index is 13.1. The number of methoxy groups -OCH3 is 3. The molecule has 0 saturated heterocycles. The van der Waals surface area contributed by atoms with Gasteiger partial charge in [0, 0.05) is 25.2 Å². The van der Waals surface area contributed by atoms with Crippen LogP contribution in [-0.2, 0) is 21.3 Å². The quantitative estimate of drug-likeness (QED) is 0.673. The number of rotatable bonds is 7. The third kappa shape index (κ3) is 4.40. The van der Waals surface area contributed by atoms with E-state index in [1.54, 1.807) is 38.3 Å². The van der Waals surface area contributed by atoms with Crippen LogP contribution in [0, 0.1) is 6.92 Å². The zero-order valence-corrected chi connectivity index (χ0v) is 16.8. The van der Waals surface area contributed by atoms with Crippen LogP contribution < -0.4 is 9.47 Å². The summed E-state index contributed by atoms with van der Waals surface area (Å²) < 4.78 is 42.5. The van der Waals surface area contributed by atoms with Crippen LogP contribution in [-0.4, -0.2) is 47.1 Å². The number of esters is 1. The van der Waals surface area contributed by atoms with Crippen LogP contribution in [0.1, 0.15) is 21.5 Å². The predicted octanol–water partition coefficient (Wildman–Crippen LogP) is 2.62. The number of aryl methyl sites for hydroxylation is 1. The molecule has 0 aromatic heterocycles. The molecule has 0 atom stereocenters.